The van der Waals surface area contributed by atoms with Crippen molar-refractivity contribution in [1.82, 2.24) is 0 Å². The lowest BCUT2D eigenvalue weighted by molar-refractivity contribution is 0.112. The van der Waals surface area contributed by atoms with Crippen LogP contribution in [-0.2, 0) is 6.42 Å². The fourth-order valence-electron chi connectivity index (χ4n) is 2.89. The first-order chi connectivity index (χ1) is 9.70. The van der Waals surface area contributed by atoms with Crippen molar-refractivity contribution in [2.45, 2.75) is 25.8 Å². The number of carbonyl (C=O) groups excluding carboxylic acids is 1. The second-order valence-corrected chi connectivity index (χ2v) is 5.64. The first-order valence-electron chi connectivity index (χ1n) is 6.82. The highest BCUT2D eigenvalue weighted by molar-refractivity contribution is 6.31. The van der Waals surface area contributed by atoms with Gasteiger partial charge in [0.15, 0.2) is 6.29 Å². The minimum atomic E-state index is 0.366. The van der Waals surface area contributed by atoms with Crippen LogP contribution >= 0.6 is 11.6 Å². The van der Waals surface area contributed by atoms with Crippen LogP contribution in [-0.4, -0.2) is 12.3 Å². The summed E-state index contributed by atoms with van der Waals surface area (Å²) in [6, 6.07) is 14.3. The van der Waals surface area contributed by atoms with Crippen LogP contribution in [0.5, 0.6) is 0 Å². The molecule has 20 heavy (non-hydrogen) atoms. The Balaban J connectivity index is 2.16. The van der Waals surface area contributed by atoms with Gasteiger partial charge >= 0.3 is 0 Å². The van der Waals surface area contributed by atoms with Crippen LogP contribution < -0.4 is 4.90 Å². The molecule has 2 aromatic carbocycles. The predicted octanol–water partition coefficient (Wildman–Crippen LogP) is 4.63. The van der Waals surface area contributed by atoms with E-state index in [2.05, 4.69) is 30.0 Å². The molecule has 1 aliphatic rings. The largest absolute Gasteiger partial charge is 0.338 e. The zero-order valence-electron chi connectivity index (χ0n) is 11.3. The molecule has 0 aliphatic carbocycles. The van der Waals surface area contributed by atoms with Crippen molar-refractivity contribution in [2.24, 2.45) is 0 Å². The number of halogens is 1. The van der Waals surface area contributed by atoms with E-state index in [4.69, 9.17) is 11.6 Å². The molecule has 1 unspecified atom stereocenters. The van der Waals surface area contributed by atoms with E-state index < -0.39 is 0 Å². The molecule has 2 nitrogen and oxygen atoms in total. The molecule has 0 bridgehead atoms. The van der Waals surface area contributed by atoms with Crippen LogP contribution in [0, 0.1) is 0 Å². The minimum absolute atomic E-state index is 0.366. The Labute approximate surface area is 124 Å². The highest BCUT2D eigenvalue weighted by Crippen LogP contribution is 2.38. The van der Waals surface area contributed by atoms with Crippen molar-refractivity contribution in [3.63, 3.8) is 0 Å². The lowest BCUT2D eigenvalue weighted by atomic mass is 9.95. The summed E-state index contributed by atoms with van der Waals surface area (Å²) < 4.78 is 0. The number of para-hydroxylation sites is 1. The highest BCUT2D eigenvalue weighted by Gasteiger charge is 2.25. The molecule has 0 N–H and O–H groups in total. The van der Waals surface area contributed by atoms with E-state index in [0.717, 1.165) is 24.8 Å². The maximum atomic E-state index is 11.4. The molecule has 0 saturated carbocycles. The molecule has 0 radical (unpaired) electrons. The van der Waals surface area contributed by atoms with Crippen LogP contribution in [0.15, 0.2) is 42.5 Å². The predicted molar refractivity (Wildman–Crippen MR) is 83.2 cm³/mol. The van der Waals surface area contributed by atoms with Gasteiger partial charge in [-0.1, -0.05) is 29.8 Å². The molecule has 0 saturated heterocycles. The highest BCUT2D eigenvalue weighted by atomic mass is 35.5. The number of nitrogens with zero attached hydrogens (tertiary/aromatic N) is 1. The lowest BCUT2D eigenvalue weighted by Crippen LogP contribution is -2.33. The summed E-state index contributed by atoms with van der Waals surface area (Å²) in [5.41, 5.74) is 4.10. The summed E-state index contributed by atoms with van der Waals surface area (Å²) in [7, 11) is 0. The third kappa shape index (κ3) is 2.20. The summed E-state index contributed by atoms with van der Waals surface area (Å²) in [6.45, 7) is 2.19. The lowest BCUT2D eigenvalue weighted by Gasteiger charge is -2.37. The molecule has 3 heteroatoms. The molecule has 0 aromatic heterocycles. The monoisotopic (exact) mass is 285 g/mol. The van der Waals surface area contributed by atoms with Gasteiger partial charge in [0.05, 0.1) is 5.69 Å². The molecule has 3 rings (SSSR count). The SMILES string of the molecule is CC1CCc2ccccc2N1c1ccc(Cl)cc1C=O. The van der Waals surface area contributed by atoms with E-state index in [1.165, 1.54) is 11.3 Å². The van der Waals surface area contributed by atoms with Crippen molar-refractivity contribution in [3.8, 4) is 0 Å². The van der Waals surface area contributed by atoms with Crippen molar-refractivity contribution >= 4 is 29.3 Å². The molecule has 0 spiro atoms. The Bertz CT molecular complexity index is 653. The molecule has 1 heterocycles. The molecule has 2 aromatic rings. The normalized spacial score (nSPS) is 17.7. The van der Waals surface area contributed by atoms with Crippen LogP contribution in [0.1, 0.15) is 29.3 Å². The van der Waals surface area contributed by atoms with Gasteiger partial charge in [-0.2, -0.15) is 0 Å². The third-order valence-electron chi connectivity index (χ3n) is 3.90. The summed E-state index contributed by atoms with van der Waals surface area (Å²) in [5.74, 6) is 0. The Hall–Kier alpha value is -1.80. The first kappa shape index (κ1) is 13.2. The Morgan fingerprint density at radius 1 is 1.20 bits per heavy atom. The number of benzene rings is 2. The summed E-state index contributed by atoms with van der Waals surface area (Å²) in [5, 5.41) is 0.591. The minimum Gasteiger partial charge on any atom is -0.338 e. The average molecular weight is 286 g/mol. The summed E-state index contributed by atoms with van der Waals surface area (Å²) >= 11 is 5.99. The number of anilines is 2. The van der Waals surface area contributed by atoms with E-state index >= 15 is 0 Å². The number of aldehydes is 1. The van der Waals surface area contributed by atoms with Crippen molar-refractivity contribution in [2.75, 3.05) is 4.90 Å². The fraction of sp³-hybridized carbons (Fsp3) is 0.235. The number of carbonyl (C=O) groups is 1. The fourth-order valence-corrected chi connectivity index (χ4v) is 3.08. The smallest absolute Gasteiger partial charge is 0.152 e. The molecule has 1 aliphatic heterocycles. The van der Waals surface area contributed by atoms with Crippen molar-refractivity contribution in [1.29, 1.82) is 0 Å². The standard InChI is InChI=1S/C17H16ClNO/c1-12-6-7-13-4-2-3-5-16(13)19(12)17-9-8-15(18)10-14(17)11-20/h2-5,8-12H,6-7H2,1H3. The van der Waals surface area contributed by atoms with Gasteiger partial charge in [-0.3, -0.25) is 4.79 Å². The van der Waals surface area contributed by atoms with Gasteiger partial charge in [0.2, 0.25) is 0 Å². The van der Waals surface area contributed by atoms with Crippen LogP contribution in [0.4, 0.5) is 11.4 Å². The number of aryl methyl sites for hydroxylation is 1. The second-order valence-electron chi connectivity index (χ2n) is 5.21. The van der Waals surface area contributed by atoms with Crippen LogP contribution in [0.25, 0.3) is 0 Å². The maximum Gasteiger partial charge on any atom is 0.152 e. The molecule has 102 valence electrons. The van der Waals surface area contributed by atoms with E-state index in [1.807, 2.05) is 18.2 Å². The van der Waals surface area contributed by atoms with Gasteiger partial charge in [-0.05, 0) is 49.6 Å². The van der Waals surface area contributed by atoms with E-state index in [9.17, 15) is 4.79 Å². The van der Waals surface area contributed by atoms with E-state index in [0.29, 0.717) is 16.6 Å². The zero-order chi connectivity index (χ0) is 14.1. The summed E-state index contributed by atoms with van der Waals surface area (Å²) in [6.07, 6.45) is 3.04. The summed E-state index contributed by atoms with van der Waals surface area (Å²) in [4.78, 5) is 13.6. The van der Waals surface area contributed by atoms with E-state index in [-0.39, 0.29) is 0 Å². The van der Waals surface area contributed by atoms with Crippen LogP contribution in [0.2, 0.25) is 5.02 Å². The van der Waals surface area contributed by atoms with Gasteiger partial charge in [-0.25, -0.2) is 0 Å². The second kappa shape index (κ2) is 5.29. The number of hydrogen-bond donors (Lipinski definition) is 0. The first-order valence-corrected chi connectivity index (χ1v) is 7.20. The van der Waals surface area contributed by atoms with Crippen molar-refractivity contribution in [3.05, 3.63) is 58.6 Å². The molecular formula is C17H16ClNO. The Kier molecular flexibility index (Phi) is 3.49. The maximum absolute atomic E-state index is 11.4. The number of rotatable bonds is 2. The molecule has 0 amide bonds. The van der Waals surface area contributed by atoms with Gasteiger partial charge in [0.1, 0.15) is 0 Å². The van der Waals surface area contributed by atoms with Gasteiger partial charge in [0, 0.05) is 22.3 Å². The van der Waals surface area contributed by atoms with Gasteiger partial charge < -0.3 is 4.90 Å². The number of fused-ring (bicyclic) bond motifs is 1. The third-order valence-corrected chi connectivity index (χ3v) is 4.13. The molecular weight excluding hydrogens is 270 g/mol. The Morgan fingerprint density at radius 3 is 2.80 bits per heavy atom. The van der Waals surface area contributed by atoms with Gasteiger partial charge in [-0.15, -0.1) is 0 Å². The van der Waals surface area contributed by atoms with Gasteiger partial charge in [0.25, 0.3) is 0 Å². The molecule has 1 atom stereocenters. The Morgan fingerprint density at radius 2 is 2.00 bits per heavy atom. The quantitative estimate of drug-likeness (QED) is 0.750. The molecule has 0 fully saturated rings. The van der Waals surface area contributed by atoms with Crippen molar-refractivity contribution < 1.29 is 4.79 Å². The number of hydrogen-bond acceptors (Lipinski definition) is 2. The van der Waals surface area contributed by atoms with E-state index in [1.54, 1.807) is 6.07 Å². The van der Waals surface area contributed by atoms with Crippen LogP contribution in [0.3, 0.4) is 0 Å². The average Bonchev–Trinajstić information content (AvgIpc) is 2.48. The topological polar surface area (TPSA) is 20.3 Å². The zero-order valence-corrected chi connectivity index (χ0v) is 12.1.